The molecule has 0 fully saturated rings. The summed E-state index contributed by atoms with van der Waals surface area (Å²) in [5, 5.41) is 8.31. The van der Waals surface area contributed by atoms with Gasteiger partial charge < -0.3 is 10.3 Å². The summed E-state index contributed by atoms with van der Waals surface area (Å²) in [5.41, 5.74) is 6.44. The Hall–Kier alpha value is -3.74. The molecular formula is C27H31N5O2. The lowest BCUT2D eigenvalue weighted by molar-refractivity contribution is 0.0952. The average molecular weight is 458 g/mol. The van der Waals surface area contributed by atoms with Crippen LogP contribution < -0.4 is 10.9 Å². The van der Waals surface area contributed by atoms with E-state index < -0.39 is 0 Å². The molecule has 0 radical (unpaired) electrons. The first-order valence-corrected chi connectivity index (χ1v) is 11.7. The number of benzene rings is 1. The fraction of sp³-hybridized carbons (Fsp3) is 0.333. The number of carbonyl (C=O) groups excluding carboxylic acids is 1. The number of nitrogens with one attached hydrogen (secondary N) is 2. The van der Waals surface area contributed by atoms with E-state index in [1.54, 1.807) is 12.4 Å². The predicted molar refractivity (Wildman–Crippen MR) is 135 cm³/mol. The van der Waals surface area contributed by atoms with Crippen LogP contribution in [0, 0.1) is 13.8 Å². The summed E-state index contributed by atoms with van der Waals surface area (Å²) in [7, 11) is 0. The second kappa shape index (κ2) is 9.63. The molecular weight excluding hydrogens is 426 g/mol. The van der Waals surface area contributed by atoms with Crippen molar-refractivity contribution in [3.05, 3.63) is 81.2 Å². The zero-order chi connectivity index (χ0) is 24.4. The Labute approximate surface area is 199 Å². The van der Waals surface area contributed by atoms with Crippen LogP contribution in [-0.2, 0) is 13.0 Å². The van der Waals surface area contributed by atoms with Crippen molar-refractivity contribution in [2.45, 2.75) is 60.0 Å². The summed E-state index contributed by atoms with van der Waals surface area (Å²) in [5.74, 6) is -0.237. The van der Waals surface area contributed by atoms with Crippen molar-refractivity contribution < 1.29 is 4.79 Å². The SMILES string of the molecule is CCCc1cc(C)[nH]c(=O)c1CNC(=O)c1cc(-c2cccnc2C)cc2c1cnn2C(C)C. The maximum Gasteiger partial charge on any atom is 0.253 e. The number of fused-ring (bicyclic) bond motifs is 1. The van der Waals surface area contributed by atoms with Crippen molar-refractivity contribution in [3.8, 4) is 11.1 Å². The molecule has 7 heteroatoms. The van der Waals surface area contributed by atoms with E-state index in [2.05, 4.69) is 47.2 Å². The summed E-state index contributed by atoms with van der Waals surface area (Å²) in [6, 6.07) is 9.98. The quantitative estimate of drug-likeness (QED) is 0.414. The molecule has 0 saturated heterocycles. The van der Waals surface area contributed by atoms with Gasteiger partial charge in [-0.2, -0.15) is 5.10 Å². The largest absolute Gasteiger partial charge is 0.348 e. The van der Waals surface area contributed by atoms with Crippen LogP contribution in [0.2, 0.25) is 0 Å². The highest BCUT2D eigenvalue weighted by Gasteiger charge is 2.19. The molecule has 0 aliphatic carbocycles. The van der Waals surface area contributed by atoms with Crippen LogP contribution in [0.4, 0.5) is 0 Å². The normalized spacial score (nSPS) is 11.4. The predicted octanol–water partition coefficient (Wildman–Crippen LogP) is 4.87. The van der Waals surface area contributed by atoms with Gasteiger partial charge in [0.25, 0.3) is 11.5 Å². The molecule has 176 valence electrons. The highest BCUT2D eigenvalue weighted by molar-refractivity contribution is 6.08. The van der Waals surface area contributed by atoms with Crippen LogP contribution in [0.15, 0.2) is 47.5 Å². The minimum Gasteiger partial charge on any atom is -0.348 e. The average Bonchev–Trinajstić information content (AvgIpc) is 3.22. The molecule has 34 heavy (non-hydrogen) atoms. The van der Waals surface area contributed by atoms with Gasteiger partial charge in [-0.15, -0.1) is 0 Å². The fourth-order valence-corrected chi connectivity index (χ4v) is 4.42. The van der Waals surface area contributed by atoms with Crippen LogP contribution in [0.1, 0.15) is 66.1 Å². The smallest absolute Gasteiger partial charge is 0.253 e. The number of aromatic amines is 1. The van der Waals surface area contributed by atoms with Gasteiger partial charge in [0, 0.05) is 46.7 Å². The molecule has 0 spiro atoms. The second-order valence-electron chi connectivity index (χ2n) is 8.99. The van der Waals surface area contributed by atoms with E-state index in [9.17, 15) is 9.59 Å². The molecule has 4 rings (SSSR count). The summed E-state index contributed by atoms with van der Waals surface area (Å²) < 4.78 is 1.92. The molecule has 2 N–H and O–H groups in total. The Morgan fingerprint density at radius 2 is 2.00 bits per heavy atom. The van der Waals surface area contributed by atoms with Gasteiger partial charge in [-0.3, -0.25) is 19.3 Å². The monoisotopic (exact) mass is 457 g/mol. The lowest BCUT2D eigenvalue weighted by Gasteiger charge is -2.14. The first-order valence-electron chi connectivity index (χ1n) is 11.7. The molecule has 4 aromatic rings. The first kappa shape index (κ1) is 23.4. The number of hydrogen-bond donors (Lipinski definition) is 2. The number of H-pyrrole nitrogens is 1. The molecule has 3 heterocycles. The standard InChI is InChI=1S/C27H31N5O2/c1-6-8-19-11-17(4)31-27(34)23(19)14-29-26(33)22-12-20(21-9-7-10-28-18(21)5)13-25-24(22)15-30-32(25)16(2)3/h7,9-13,15-16H,6,8,14H2,1-5H3,(H,29,33)(H,31,34). The van der Waals surface area contributed by atoms with Gasteiger partial charge >= 0.3 is 0 Å². The number of rotatable bonds is 7. The van der Waals surface area contributed by atoms with Crippen LogP contribution in [0.3, 0.4) is 0 Å². The van der Waals surface area contributed by atoms with Crippen LogP contribution in [0.25, 0.3) is 22.0 Å². The van der Waals surface area contributed by atoms with E-state index in [-0.39, 0.29) is 24.1 Å². The van der Waals surface area contributed by atoms with Crippen molar-refractivity contribution in [3.63, 3.8) is 0 Å². The highest BCUT2D eigenvalue weighted by atomic mass is 16.1. The second-order valence-corrected chi connectivity index (χ2v) is 8.99. The fourth-order valence-electron chi connectivity index (χ4n) is 4.42. The summed E-state index contributed by atoms with van der Waals surface area (Å²) in [6.45, 7) is 10.2. The molecule has 0 unspecified atom stereocenters. The number of nitrogens with zero attached hydrogens (tertiary/aromatic N) is 3. The lowest BCUT2D eigenvalue weighted by atomic mass is 9.98. The third-order valence-corrected chi connectivity index (χ3v) is 6.08. The summed E-state index contributed by atoms with van der Waals surface area (Å²) in [6.07, 6.45) is 5.21. The maximum atomic E-state index is 13.5. The Morgan fingerprint density at radius 3 is 2.71 bits per heavy atom. The minimum absolute atomic E-state index is 0.140. The van der Waals surface area contributed by atoms with Gasteiger partial charge in [0.05, 0.1) is 17.3 Å². The Balaban J connectivity index is 1.76. The zero-order valence-corrected chi connectivity index (χ0v) is 20.4. The molecule has 1 amide bonds. The number of aryl methyl sites for hydroxylation is 3. The first-order chi connectivity index (χ1) is 16.3. The van der Waals surface area contributed by atoms with Gasteiger partial charge in [0.15, 0.2) is 0 Å². The molecule has 7 nitrogen and oxygen atoms in total. The van der Waals surface area contributed by atoms with Gasteiger partial charge in [0.2, 0.25) is 0 Å². The number of amides is 1. The van der Waals surface area contributed by atoms with E-state index in [0.29, 0.717) is 11.1 Å². The van der Waals surface area contributed by atoms with Crippen molar-refractivity contribution in [2.75, 3.05) is 0 Å². The van der Waals surface area contributed by atoms with Gasteiger partial charge in [-0.1, -0.05) is 19.4 Å². The summed E-state index contributed by atoms with van der Waals surface area (Å²) in [4.78, 5) is 33.3. The third-order valence-electron chi connectivity index (χ3n) is 6.08. The molecule has 0 aliphatic rings. The van der Waals surface area contributed by atoms with Gasteiger partial charge in [-0.25, -0.2) is 0 Å². The van der Waals surface area contributed by atoms with E-state index in [0.717, 1.165) is 51.8 Å². The Kier molecular flexibility index (Phi) is 6.63. The van der Waals surface area contributed by atoms with Crippen molar-refractivity contribution in [2.24, 2.45) is 0 Å². The third kappa shape index (κ3) is 4.51. The molecule has 0 bridgehead atoms. The van der Waals surface area contributed by atoms with Crippen molar-refractivity contribution in [1.82, 2.24) is 25.1 Å². The maximum absolute atomic E-state index is 13.5. The van der Waals surface area contributed by atoms with E-state index in [1.807, 2.05) is 42.8 Å². The van der Waals surface area contributed by atoms with E-state index in [1.165, 1.54) is 0 Å². The van der Waals surface area contributed by atoms with Crippen molar-refractivity contribution in [1.29, 1.82) is 0 Å². The van der Waals surface area contributed by atoms with Gasteiger partial charge in [0.1, 0.15) is 0 Å². The number of aromatic nitrogens is 4. The molecule has 0 atom stereocenters. The van der Waals surface area contributed by atoms with Crippen LogP contribution in [0.5, 0.6) is 0 Å². The zero-order valence-electron chi connectivity index (χ0n) is 20.4. The molecule has 3 aromatic heterocycles. The molecule has 0 saturated carbocycles. The summed E-state index contributed by atoms with van der Waals surface area (Å²) >= 11 is 0. The molecule has 1 aromatic carbocycles. The van der Waals surface area contributed by atoms with E-state index >= 15 is 0 Å². The Morgan fingerprint density at radius 1 is 1.21 bits per heavy atom. The minimum atomic E-state index is -0.237. The van der Waals surface area contributed by atoms with Gasteiger partial charge in [-0.05, 0) is 69.5 Å². The number of pyridine rings is 2. The van der Waals surface area contributed by atoms with Crippen LogP contribution >= 0.6 is 0 Å². The van der Waals surface area contributed by atoms with Crippen molar-refractivity contribution >= 4 is 16.8 Å². The number of hydrogen-bond acceptors (Lipinski definition) is 4. The van der Waals surface area contributed by atoms with E-state index in [4.69, 9.17) is 0 Å². The highest BCUT2D eigenvalue weighted by Crippen LogP contribution is 2.30. The topological polar surface area (TPSA) is 92.7 Å². The molecule has 0 aliphatic heterocycles. The van der Waals surface area contributed by atoms with Crippen LogP contribution in [-0.4, -0.2) is 25.7 Å². The Bertz CT molecular complexity index is 1410. The lowest BCUT2D eigenvalue weighted by Crippen LogP contribution is -2.28. The number of carbonyl (C=O) groups is 1.